The molecule has 1 aromatic carbocycles. The summed E-state index contributed by atoms with van der Waals surface area (Å²) in [5.41, 5.74) is 1.99. The molecule has 0 N–H and O–H groups in total. The fourth-order valence-corrected chi connectivity index (χ4v) is 1.96. The summed E-state index contributed by atoms with van der Waals surface area (Å²) in [6.07, 6.45) is 8.01. The van der Waals surface area contributed by atoms with Crippen molar-refractivity contribution in [2.75, 3.05) is 0 Å². The largest absolute Gasteiger partial charge is 0.207 e. The van der Waals surface area contributed by atoms with Crippen molar-refractivity contribution in [1.82, 2.24) is 0 Å². The Balaban J connectivity index is 2.21. The van der Waals surface area contributed by atoms with Gasteiger partial charge in [-0.2, -0.15) is 0 Å². The lowest BCUT2D eigenvalue weighted by atomic mass is 9.89. The van der Waals surface area contributed by atoms with Crippen molar-refractivity contribution in [3.63, 3.8) is 0 Å². The molecule has 0 radical (unpaired) electrons. The molecule has 0 heterocycles. The minimum atomic E-state index is -0.506. The molecule has 0 spiro atoms. The molecule has 1 aromatic rings. The summed E-state index contributed by atoms with van der Waals surface area (Å²) in [5.74, 6) is -0.914. The van der Waals surface area contributed by atoms with E-state index in [0.29, 0.717) is 5.56 Å². The normalized spacial score (nSPS) is 19.7. The van der Waals surface area contributed by atoms with Gasteiger partial charge < -0.3 is 0 Å². The highest BCUT2D eigenvalue weighted by atomic mass is 19.1. The van der Waals surface area contributed by atoms with Gasteiger partial charge in [0, 0.05) is 12.0 Å². The SMILES string of the molecule is CCC1=CCC(c2cc(F)cc(F)c2)C=C1. The summed E-state index contributed by atoms with van der Waals surface area (Å²) in [5, 5.41) is 0. The molecule has 0 aliphatic heterocycles. The van der Waals surface area contributed by atoms with E-state index in [4.69, 9.17) is 0 Å². The summed E-state index contributed by atoms with van der Waals surface area (Å²) in [6.45, 7) is 2.10. The van der Waals surface area contributed by atoms with E-state index in [9.17, 15) is 8.78 Å². The van der Waals surface area contributed by atoms with Crippen LogP contribution in [0.25, 0.3) is 0 Å². The minimum absolute atomic E-state index is 0.0977. The van der Waals surface area contributed by atoms with Crippen molar-refractivity contribution in [3.8, 4) is 0 Å². The number of benzene rings is 1. The maximum Gasteiger partial charge on any atom is 0.126 e. The second-order valence-electron chi connectivity index (χ2n) is 4.04. The van der Waals surface area contributed by atoms with Gasteiger partial charge in [0.1, 0.15) is 11.6 Å². The summed E-state index contributed by atoms with van der Waals surface area (Å²) in [6, 6.07) is 3.72. The zero-order chi connectivity index (χ0) is 11.5. The van der Waals surface area contributed by atoms with Crippen LogP contribution >= 0.6 is 0 Å². The van der Waals surface area contributed by atoms with Crippen LogP contribution in [-0.4, -0.2) is 0 Å². The van der Waals surface area contributed by atoms with Crippen molar-refractivity contribution in [3.05, 3.63) is 59.2 Å². The van der Waals surface area contributed by atoms with Gasteiger partial charge in [-0.1, -0.05) is 30.7 Å². The van der Waals surface area contributed by atoms with Gasteiger partial charge in [0.15, 0.2) is 0 Å². The first kappa shape index (κ1) is 11.1. The Morgan fingerprint density at radius 1 is 1.19 bits per heavy atom. The second-order valence-corrected chi connectivity index (χ2v) is 4.04. The Labute approximate surface area is 94.3 Å². The van der Waals surface area contributed by atoms with Crippen LogP contribution in [0.1, 0.15) is 31.2 Å². The second kappa shape index (κ2) is 4.60. The first-order valence-electron chi connectivity index (χ1n) is 5.52. The molecule has 16 heavy (non-hydrogen) atoms. The number of rotatable bonds is 2. The fourth-order valence-electron chi connectivity index (χ4n) is 1.96. The Bertz CT molecular complexity index is 424. The first-order valence-corrected chi connectivity index (χ1v) is 5.52. The van der Waals surface area contributed by atoms with Gasteiger partial charge in [-0.25, -0.2) is 8.78 Å². The zero-order valence-electron chi connectivity index (χ0n) is 9.21. The summed E-state index contributed by atoms with van der Waals surface area (Å²) in [7, 11) is 0. The lowest BCUT2D eigenvalue weighted by Gasteiger charge is -2.16. The molecule has 0 aromatic heterocycles. The average molecular weight is 220 g/mol. The van der Waals surface area contributed by atoms with E-state index in [1.54, 1.807) is 0 Å². The van der Waals surface area contributed by atoms with E-state index >= 15 is 0 Å². The molecule has 0 saturated heterocycles. The van der Waals surface area contributed by atoms with Crippen LogP contribution in [0, 0.1) is 11.6 Å². The molecule has 1 atom stereocenters. The molecule has 2 heteroatoms. The number of hydrogen-bond acceptors (Lipinski definition) is 0. The lowest BCUT2D eigenvalue weighted by molar-refractivity contribution is 0.577. The smallest absolute Gasteiger partial charge is 0.126 e. The highest BCUT2D eigenvalue weighted by Crippen LogP contribution is 2.28. The standard InChI is InChI=1S/C14H14F2/c1-2-10-3-5-11(6-4-10)12-7-13(15)9-14(16)8-12/h3-5,7-9,11H,2,6H2,1H3. The van der Waals surface area contributed by atoms with Gasteiger partial charge in [0.25, 0.3) is 0 Å². The third-order valence-corrected chi connectivity index (χ3v) is 2.90. The minimum Gasteiger partial charge on any atom is -0.207 e. The first-order chi connectivity index (χ1) is 7.69. The Morgan fingerprint density at radius 3 is 2.38 bits per heavy atom. The summed E-state index contributed by atoms with van der Waals surface area (Å²) >= 11 is 0. The average Bonchev–Trinajstić information content (AvgIpc) is 2.28. The van der Waals surface area contributed by atoms with Crippen LogP contribution in [0.3, 0.4) is 0 Å². The highest BCUT2D eigenvalue weighted by Gasteiger charge is 2.12. The van der Waals surface area contributed by atoms with E-state index in [1.165, 1.54) is 17.7 Å². The number of allylic oxidation sites excluding steroid dienone is 4. The van der Waals surface area contributed by atoms with E-state index < -0.39 is 11.6 Å². The molecule has 0 saturated carbocycles. The maximum atomic E-state index is 13.0. The molecule has 0 bridgehead atoms. The third-order valence-electron chi connectivity index (χ3n) is 2.90. The summed E-state index contributed by atoms with van der Waals surface area (Å²) < 4.78 is 26.1. The zero-order valence-corrected chi connectivity index (χ0v) is 9.21. The molecule has 1 aliphatic carbocycles. The van der Waals surface area contributed by atoms with Crippen LogP contribution < -0.4 is 0 Å². The van der Waals surface area contributed by atoms with E-state index in [1.807, 2.05) is 12.2 Å². The molecular weight excluding hydrogens is 206 g/mol. The molecule has 2 rings (SSSR count). The molecule has 0 nitrogen and oxygen atoms in total. The van der Waals surface area contributed by atoms with Crippen molar-refractivity contribution < 1.29 is 8.78 Å². The lowest BCUT2D eigenvalue weighted by Crippen LogP contribution is -2.00. The molecule has 0 fully saturated rings. The topological polar surface area (TPSA) is 0 Å². The van der Waals surface area contributed by atoms with Crippen LogP contribution in [0.4, 0.5) is 8.78 Å². The van der Waals surface area contributed by atoms with Crippen molar-refractivity contribution in [2.24, 2.45) is 0 Å². The van der Waals surface area contributed by atoms with Crippen molar-refractivity contribution in [2.45, 2.75) is 25.7 Å². The van der Waals surface area contributed by atoms with Gasteiger partial charge in [0.05, 0.1) is 0 Å². The highest BCUT2D eigenvalue weighted by molar-refractivity contribution is 5.33. The quantitative estimate of drug-likeness (QED) is 0.695. The number of halogens is 2. The van der Waals surface area contributed by atoms with Crippen LogP contribution in [0.2, 0.25) is 0 Å². The van der Waals surface area contributed by atoms with Crippen LogP contribution in [-0.2, 0) is 0 Å². The predicted molar refractivity (Wildman–Crippen MR) is 61.2 cm³/mol. The molecule has 84 valence electrons. The Hall–Kier alpha value is -1.44. The predicted octanol–water partition coefficient (Wildman–Crippen LogP) is 4.34. The van der Waals surface area contributed by atoms with Gasteiger partial charge in [-0.15, -0.1) is 0 Å². The third kappa shape index (κ3) is 2.38. The maximum absolute atomic E-state index is 13.0. The summed E-state index contributed by atoms with van der Waals surface area (Å²) in [4.78, 5) is 0. The Kier molecular flexibility index (Phi) is 3.18. The fraction of sp³-hybridized carbons (Fsp3) is 0.286. The van der Waals surface area contributed by atoms with Crippen LogP contribution in [0.5, 0.6) is 0 Å². The van der Waals surface area contributed by atoms with E-state index in [0.717, 1.165) is 18.9 Å². The van der Waals surface area contributed by atoms with Crippen molar-refractivity contribution >= 4 is 0 Å². The molecule has 0 amide bonds. The Morgan fingerprint density at radius 2 is 1.88 bits per heavy atom. The van der Waals surface area contributed by atoms with Gasteiger partial charge in [-0.3, -0.25) is 0 Å². The monoisotopic (exact) mass is 220 g/mol. The van der Waals surface area contributed by atoms with Crippen LogP contribution in [0.15, 0.2) is 42.0 Å². The number of hydrogen-bond donors (Lipinski definition) is 0. The van der Waals surface area contributed by atoms with Gasteiger partial charge in [-0.05, 0) is 30.5 Å². The van der Waals surface area contributed by atoms with E-state index in [2.05, 4.69) is 13.0 Å². The van der Waals surface area contributed by atoms with Crippen molar-refractivity contribution in [1.29, 1.82) is 0 Å². The van der Waals surface area contributed by atoms with Gasteiger partial charge in [0.2, 0.25) is 0 Å². The van der Waals surface area contributed by atoms with Gasteiger partial charge >= 0.3 is 0 Å². The van der Waals surface area contributed by atoms with E-state index in [-0.39, 0.29) is 5.92 Å². The molecule has 1 unspecified atom stereocenters. The molecular formula is C14H14F2. The molecule has 1 aliphatic rings.